The smallest absolute Gasteiger partial charge is 0.276 e. The molecule has 0 aliphatic carbocycles. The zero-order valence-corrected chi connectivity index (χ0v) is 10.9. The summed E-state index contributed by atoms with van der Waals surface area (Å²) < 4.78 is 5.04. The Labute approximate surface area is 105 Å². The van der Waals surface area contributed by atoms with Crippen LogP contribution in [0.3, 0.4) is 0 Å². The Balaban J connectivity index is 2.40. The molecule has 0 aromatic carbocycles. The first-order chi connectivity index (χ1) is 8.38. The van der Waals surface area contributed by atoms with Gasteiger partial charge in [0.25, 0.3) is 5.89 Å². The van der Waals surface area contributed by atoms with Crippen LogP contribution < -0.4 is 0 Å². The average Bonchev–Trinajstić information content (AvgIpc) is 2.74. The molecule has 2 heterocycles. The van der Waals surface area contributed by atoms with E-state index in [1.807, 2.05) is 20.8 Å². The van der Waals surface area contributed by atoms with E-state index in [2.05, 4.69) is 15.1 Å². The summed E-state index contributed by atoms with van der Waals surface area (Å²) in [5.41, 5.74) is 0.692. The van der Waals surface area contributed by atoms with Crippen molar-refractivity contribution in [1.82, 2.24) is 15.1 Å². The maximum absolute atomic E-state index is 12.2. The summed E-state index contributed by atoms with van der Waals surface area (Å²) in [6.45, 7) is 7.38. The molecule has 0 unspecified atom stereocenters. The number of hydrogen-bond donors (Lipinski definition) is 0. The topological polar surface area (TPSA) is 68.9 Å². The van der Waals surface area contributed by atoms with Gasteiger partial charge in [-0.2, -0.15) is 4.98 Å². The van der Waals surface area contributed by atoms with Crippen molar-refractivity contribution in [3.8, 4) is 11.6 Å². The fourth-order valence-corrected chi connectivity index (χ4v) is 1.52. The van der Waals surface area contributed by atoms with E-state index in [9.17, 15) is 4.79 Å². The van der Waals surface area contributed by atoms with E-state index >= 15 is 0 Å². The van der Waals surface area contributed by atoms with Crippen LogP contribution in [0.15, 0.2) is 22.9 Å². The zero-order chi connectivity index (χ0) is 13.3. The molecular formula is C13H15N3O2. The average molecular weight is 245 g/mol. The second-order valence-corrected chi connectivity index (χ2v) is 5.16. The largest absolute Gasteiger partial charge is 0.332 e. The summed E-state index contributed by atoms with van der Waals surface area (Å²) in [6, 6.07) is 3.38. The summed E-state index contributed by atoms with van der Waals surface area (Å²) in [7, 11) is 0. The first-order valence-electron chi connectivity index (χ1n) is 5.69. The number of nitrogens with zero attached hydrogens (tertiary/aromatic N) is 3. The molecule has 0 saturated heterocycles. The van der Waals surface area contributed by atoms with Crippen molar-refractivity contribution >= 4 is 5.78 Å². The van der Waals surface area contributed by atoms with E-state index in [0.29, 0.717) is 23.0 Å². The Morgan fingerprint density at radius 2 is 2.06 bits per heavy atom. The minimum atomic E-state index is -0.427. The lowest BCUT2D eigenvalue weighted by molar-refractivity contribution is 0.0858. The fraction of sp³-hybridized carbons (Fsp3) is 0.385. The number of hydrogen-bond acceptors (Lipinski definition) is 5. The quantitative estimate of drug-likeness (QED) is 0.761. The van der Waals surface area contributed by atoms with Crippen molar-refractivity contribution < 1.29 is 9.32 Å². The monoisotopic (exact) mass is 245 g/mol. The Kier molecular flexibility index (Phi) is 2.98. The van der Waals surface area contributed by atoms with Crippen molar-refractivity contribution in [2.75, 3.05) is 0 Å². The van der Waals surface area contributed by atoms with E-state index in [4.69, 9.17) is 4.52 Å². The van der Waals surface area contributed by atoms with Gasteiger partial charge in [-0.3, -0.25) is 9.78 Å². The van der Waals surface area contributed by atoms with Crippen LogP contribution in [0.2, 0.25) is 0 Å². The molecule has 0 aliphatic heterocycles. The lowest BCUT2D eigenvalue weighted by atomic mass is 9.87. The zero-order valence-electron chi connectivity index (χ0n) is 10.9. The second-order valence-electron chi connectivity index (χ2n) is 5.16. The van der Waals surface area contributed by atoms with Gasteiger partial charge in [0.1, 0.15) is 5.69 Å². The molecule has 0 amide bonds. The number of pyridine rings is 1. The molecule has 0 bridgehead atoms. The van der Waals surface area contributed by atoms with Crippen LogP contribution in [0, 0.1) is 12.3 Å². The van der Waals surface area contributed by atoms with Crippen LogP contribution in [0.25, 0.3) is 11.6 Å². The van der Waals surface area contributed by atoms with Crippen LogP contribution in [0.4, 0.5) is 0 Å². The number of carbonyl (C=O) groups excluding carboxylic acids is 1. The highest BCUT2D eigenvalue weighted by atomic mass is 16.5. The molecule has 18 heavy (non-hydrogen) atoms. The molecule has 2 aromatic rings. The van der Waals surface area contributed by atoms with Gasteiger partial charge in [-0.25, -0.2) is 0 Å². The van der Waals surface area contributed by atoms with E-state index in [0.717, 1.165) is 0 Å². The lowest BCUT2D eigenvalue weighted by Crippen LogP contribution is -2.20. The van der Waals surface area contributed by atoms with E-state index < -0.39 is 5.41 Å². The van der Waals surface area contributed by atoms with Crippen LogP contribution in [-0.2, 0) is 0 Å². The van der Waals surface area contributed by atoms with Gasteiger partial charge < -0.3 is 4.52 Å². The minimum Gasteiger partial charge on any atom is -0.332 e. The summed E-state index contributed by atoms with van der Waals surface area (Å²) >= 11 is 0. The van der Waals surface area contributed by atoms with Gasteiger partial charge in [-0.15, -0.1) is 0 Å². The third kappa shape index (κ3) is 2.45. The highest BCUT2D eigenvalue weighted by Crippen LogP contribution is 2.23. The minimum absolute atomic E-state index is 0.0578. The number of Topliss-reactive ketones (excluding diaryl/α,β-unsaturated/α-hetero) is 1. The van der Waals surface area contributed by atoms with E-state index in [-0.39, 0.29) is 5.78 Å². The highest BCUT2D eigenvalue weighted by Gasteiger charge is 2.23. The molecule has 2 rings (SSSR count). The van der Waals surface area contributed by atoms with Crippen molar-refractivity contribution in [3.63, 3.8) is 0 Å². The fourth-order valence-electron chi connectivity index (χ4n) is 1.52. The lowest BCUT2D eigenvalue weighted by Gasteiger charge is -2.16. The Bertz CT molecular complexity index is 582. The molecule has 0 atom stereocenters. The van der Waals surface area contributed by atoms with Gasteiger partial charge in [-0.1, -0.05) is 25.9 Å². The molecular weight excluding hydrogens is 230 g/mol. The standard InChI is InChI=1S/C13H15N3O2/c1-8-15-12(18-16-8)10-7-9(5-6-14-10)11(17)13(2,3)4/h5-7H,1-4H3. The first kappa shape index (κ1) is 12.4. The van der Waals surface area contributed by atoms with Crippen molar-refractivity contribution in [1.29, 1.82) is 0 Å². The van der Waals surface area contributed by atoms with Crippen molar-refractivity contribution in [2.24, 2.45) is 5.41 Å². The van der Waals surface area contributed by atoms with Crippen LogP contribution in [0.1, 0.15) is 37.0 Å². The molecule has 94 valence electrons. The number of ketones is 1. The van der Waals surface area contributed by atoms with Crippen LogP contribution >= 0.6 is 0 Å². The van der Waals surface area contributed by atoms with Crippen LogP contribution in [0.5, 0.6) is 0 Å². The molecule has 0 spiro atoms. The maximum atomic E-state index is 12.2. The van der Waals surface area contributed by atoms with Crippen LogP contribution in [-0.4, -0.2) is 20.9 Å². The van der Waals surface area contributed by atoms with E-state index in [1.165, 1.54) is 0 Å². The second kappa shape index (κ2) is 4.33. The molecule has 0 aliphatic rings. The molecule has 5 nitrogen and oxygen atoms in total. The normalized spacial score (nSPS) is 11.6. The summed E-state index contributed by atoms with van der Waals surface area (Å²) in [5.74, 6) is 0.929. The molecule has 5 heteroatoms. The third-order valence-corrected chi connectivity index (χ3v) is 2.45. The Morgan fingerprint density at radius 1 is 1.33 bits per heavy atom. The van der Waals surface area contributed by atoms with Gasteiger partial charge in [0.2, 0.25) is 0 Å². The summed E-state index contributed by atoms with van der Waals surface area (Å²) in [5, 5.41) is 3.71. The third-order valence-electron chi connectivity index (χ3n) is 2.45. The number of rotatable bonds is 2. The van der Waals surface area contributed by atoms with Gasteiger partial charge in [0.15, 0.2) is 11.6 Å². The predicted octanol–water partition coefficient (Wildman–Crippen LogP) is 2.67. The summed E-state index contributed by atoms with van der Waals surface area (Å²) in [6.07, 6.45) is 1.58. The van der Waals surface area contributed by atoms with Gasteiger partial charge >= 0.3 is 0 Å². The predicted molar refractivity (Wildman–Crippen MR) is 66.1 cm³/mol. The van der Waals surface area contributed by atoms with E-state index in [1.54, 1.807) is 25.3 Å². The summed E-state index contributed by atoms with van der Waals surface area (Å²) in [4.78, 5) is 20.4. The molecule has 0 saturated carbocycles. The molecule has 0 radical (unpaired) electrons. The first-order valence-corrected chi connectivity index (χ1v) is 5.69. The molecule has 0 N–H and O–H groups in total. The number of carbonyl (C=O) groups is 1. The van der Waals surface area contributed by atoms with Gasteiger partial charge in [0, 0.05) is 17.2 Å². The SMILES string of the molecule is Cc1noc(-c2cc(C(=O)C(C)(C)C)ccn2)n1. The number of aromatic nitrogens is 3. The number of aryl methyl sites for hydroxylation is 1. The Morgan fingerprint density at radius 3 is 2.61 bits per heavy atom. The molecule has 2 aromatic heterocycles. The Hall–Kier alpha value is -2.04. The van der Waals surface area contributed by atoms with Gasteiger partial charge in [0.05, 0.1) is 0 Å². The molecule has 0 fully saturated rings. The van der Waals surface area contributed by atoms with Crippen molar-refractivity contribution in [2.45, 2.75) is 27.7 Å². The van der Waals surface area contributed by atoms with Crippen molar-refractivity contribution in [3.05, 3.63) is 29.7 Å². The highest BCUT2D eigenvalue weighted by molar-refractivity contribution is 6.00. The maximum Gasteiger partial charge on any atom is 0.276 e. The van der Waals surface area contributed by atoms with Gasteiger partial charge in [-0.05, 0) is 19.1 Å².